The Morgan fingerprint density at radius 3 is 1.45 bits per heavy atom. The summed E-state index contributed by atoms with van der Waals surface area (Å²) in [5.74, 6) is 0. The fourth-order valence-electron chi connectivity index (χ4n) is 5.33. The zero-order valence-electron chi connectivity index (χ0n) is 21.4. The van der Waals surface area contributed by atoms with E-state index in [0.29, 0.717) is 0 Å². The van der Waals surface area contributed by atoms with Gasteiger partial charge in [0, 0.05) is 0 Å². The summed E-state index contributed by atoms with van der Waals surface area (Å²) in [4.78, 5) is 0. The van der Waals surface area contributed by atoms with Gasteiger partial charge in [0.25, 0.3) is 0 Å². The summed E-state index contributed by atoms with van der Waals surface area (Å²) in [6.45, 7) is 14.1. The molecule has 0 unspecified atom stereocenters. The van der Waals surface area contributed by atoms with Crippen LogP contribution in [0.5, 0.6) is 0 Å². The minimum Gasteiger partial charge on any atom is -0.0654 e. The molecule has 31 heavy (non-hydrogen) atoms. The lowest BCUT2D eigenvalue weighted by atomic mass is 9.76. The maximum atomic E-state index is 3.65. The van der Waals surface area contributed by atoms with Crippen LogP contribution in [0.15, 0.2) is 18.2 Å². The second kappa shape index (κ2) is 13.8. The Bertz CT molecular complexity index is 759. The minimum atomic E-state index is 1.15. The Labute approximate surface area is 193 Å². The van der Waals surface area contributed by atoms with Gasteiger partial charge in [-0.15, -0.1) is 0 Å². The first-order valence-corrected chi connectivity index (χ1v) is 13.4. The minimum absolute atomic E-state index is 1.15. The molecule has 0 heteroatoms. The van der Waals surface area contributed by atoms with Crippen molar-refractivity contribution in [2.75, 3.05) is 0 Å². The maximum absolute atomic E-state index is 3.65. The number of aryl methyl sites for hydroxylation is 1. The molecule has 0 N–H and O–H groups in total. The fourth-order valence-corrected chi connectivity index (χ4v) is 5.33. The third-order valence-electron chi connectivity index (χ3n) is 6.55. The molecule has 0 fully saturated rings. The highest BCUT2D eigenvalue weighted by Crippen LogP contribution is 2.40. The van der Waals surface area contributed by atoms with Crippen molar-refractivity contribution in [1.29, 1.82) is 0 Å². The molecule has 171 valence electrons. The average molecular weight is 420 g/mol. The first-order chi connectivity index (χ1) is 15.2. The van der Waals surface area contributed by atoms with Crippen molar-refractivity contribution in [3.63, 3.8) is 0 Å². The van der Waals surface area contributed by atoms with Gasteiger partial charge in [-0.3, -0.25) is 0 Å². The number of unbranched alkanes of at least 4 members (excludes halogenated alkanes) is 1. The Hall–Kier alpha value is -1.56. The van der Waals surface area contributed by atoms with E-state index < -0.39 is 0 Å². The Balaban J connectivity index is 2.96. The van der Waals surface area contributed by atoms with Crippen molar-refractivity contribution in [2.24, 2.45) is 0 Å². The van der Waals surface area contributed by atoms with Crippen molar-refractivity contribution >= 4 is 0 Å². The van der Waals surface area contributed by atoms with E-state index in [2.05, 4.69) is 65.8 Å². The molecule has 1 radical (unpaired) electrons. The van der Waals surface area contributed by atoms with Crippen molar-refractivity contribution in [3.05, 3.63) is 57.6 Å². The Morgan fingerprint density at radius 2 is 1.00 bits per heavy atom. The van der Waals surface area contributed by atoms with Crippen LogP contribution in [0, 0.1) is 6.07 Å². The van der Waals surface area contributed by atoms with Gasteiger partial charge in [0.2, 0.25) is 0 Å². The third kappa shape index (κ3) is 6.24. The van der Waals surface area contributed by atoms with E-state index in [0.717, 1.165) is 6.42 Å². The van der Waals surface area contributed by atoms with Crippen molar-refractivity contribution < 1.29 is 0 Å². The van der Waals surface area contributed by atoms with Crippen LogP contribution in [0.4, 0.5) is 0 Å². The van der Waals surface area contributed by atoms with Gasteiger partial charge in [0.15, 0.2) is 0 Å². The molecule has 0 bridgehead atoms. The number of hydrogen-bond donors (Lipinski definition) is 0. The quantitative estimate of drug-likeness (QED) is 0.286. The van der Waals surface area contributed by atoms with Gasteiger partial charge in [0.1, 0.15) is 0 Å². The lowest BCUT2D eigenvalue weighted by Crippen LogP contribution is -2.13. The van der Waals surface area contributed by atoms with Crippen LogP contribution in [-0.2, 0) is 38.5 Å². The zero-order valence-corrected chi connectivity index (χ0v) is 21.4. The number of hydrogen-bond acceptors (Lipinski definition) is 0. The molecule has 0 aliphatic heterocycles. The molecule has 0 heterocycles. The number of rotatable bonds is 14. The van der Waals surface area contributed by atoms with E-state index in [1.54, 1.807) is 33.4 Å². The summed E-state index contributed by atoms with van der Waals surface area (Å²) in [7, 11) is 0. The molecule has 0 saturated carbocycles. The average Bonchev–Trinajstić information content (AvgIpc) is 2.78. The highest BCUT2D eigenvalue weighted by atomic mass is 14.3. The van der Waals surface area contributed by atoms with Crippen LogP contribution in [-0.4, -0.2) is 0 Å². The van der Waals surface area contributed by atoms with Crippen LogP contribution in [0.25, 0.3) is 11.1 Å². The van der Waals surface area contributed by atoms with Crippen molar-refractivity contribution in [3.8, 4) is 11.1 Å². The van der Waals surface area contributed by atoms with Gasteiger partial charge in [0.05, 0.1) is 0 Å². The van der Waals surface area contributed by atoms with E-state index in [9.17, 15) is 0 Å². The Kier molecular flexibility index (Phi) is 11.4. The van der Waals surface area contributed by atoms with Gasteiger partial charge in [-0.25, -0.2) is 0 Å². The van der Waals surface area contributed by atoms with Crippen LogP contribution >= 0.6 is 0 Å². The molecular formula is C31H47. The molecule has 2 aromatic rings. The van der Waals surface area contributed by atoms with Crippen LogP contribution < -0.4 is 0 Å². The van der Waals surface area contributed by atoms with Crippen LogP contribution in [0.3, 0.4) is 0 Å². The van der Waals surface area contributed by atoms with E-state index in [4.69, 9.17) is 0 Å². The first-order valence-electron chi connectivity index (χ1n) is 13.4. The molecule has 2 rings (SSSR count). The summed E-state index contributed by atoms with van der Waals surface area (Å²) >= 11 is 0. The highest BCUT2D eigenvalue weighted by Gasteiger charge is 2.23. The smallest absolute Gasteiger partial charge is 0.0111 e. The largest absolute Gasteiger partial charge is 0.0654 e. The highest BCUT2D eigenvalue weighted by molar-refractivity contribution is 5.78. The van der Waals surface area contributed by atoms with Gasteiger partial charge in [-0.1, -0.05) is 98.3 Å². The first kappa shape index (κ1) is 25.7. The van der Waals surface area contributed by atoms with E-state index in [1.165, 1.54) is 88.2 Å². The number of benzene rings is 2. The molecule has 0 aliphatic carbocycles. The molecule has 2 aromatic carbocycles. The molecule has 0 aliphatic rings. The van der Waals surface area contributed by atoms with Gasteiger partial charge in [-0.2, -0.15) is 0 Å². The van der Waals surface area contributed by atoms with Crippen molar-refractivity contribution in [1.82, 2.24) is 0 Å². The predicted molar refractivity (Wildman–Crippen MR) is 139 cm³/mol. The summed E-state index contributed by atoms with van der Waals surface area (Å²) in [6.07, 6.45) is 15.9. The van der Waals surface area contributed by atoms with Gasteiger partial charge < -0.3 is 0 Å². The lowest BCUT2D eigenvalue weighted by Gasteiger charge is -2.28. The van der Waals surface area contributed by atoms with Crippen LogP contribution in [0.2, 0.25) is 0 Å². The molecule has 0 nitrogen and oxygen atoms in total. The topological polar surface area (TPSA) is 0 Å². The summed E-state index contributed by atoms with van der Waals surface area (Å²) < 4.78 is 0. The maximum Gasteiger partial charge on any atom is -0.0111 e. The normalized spacial score (nSPS) is 11.3. The predicted octanol–water partition coefficient (Wildman–Crippen LogP) is 9.26. The van der Waals surface area contributed by atoms with Crippen LogP contribution in [0.1, 0.15) is 120 Å². The second-order valence-electron chi connectivity index (χ2n) is 9.18. The molecule has 0 amide bonds. The fraction of sp³-hybridized carbons (Fsp3) is 0.613. The summed E-state index contributed by atoms with van der Waals surface area (Å²) in [6, 6.07) is 10.4. The van der Waals surface area contributed by atoms with Gasteiger partial charge in [-0.05, 0) is 95.5 Å². The lowest BCUT2D eigenvalue weighted by molar-refractivity contribution is 0.779. The third-order valence-corrected chi connectivity index (χ3v) is 6.55. The second-order valence-corrected chi connectivity index (χ2v) is 9.18. The molecular weight excluding hydrogens is 372 g/mol. The SMILES string of the molecule is CCCCc1[c]cccc1-c1c(CCC)c(CCC)c(CCC)c(CCC)c1CCC. The standard InChI is InChI=1S/C31H47/c1-7-13-21-24-22-14-15-23-25(24)31-29(19-11-5)27(17-9-3)26(16-8-2)28(18-10-4)30(31)20-12-6/h14-15,23H,7-13,16-21H2,1-6H3. The Morgan fingerprint density at radius 1 is 0.548 bits per heavy atom. The molecule has 0 atom stereocenters. The molecule has 0 saturated heterocycles. The van der Waals surface area contributed by atoms with E-state index >= 15 is 0 Å². The summed E-state index contributed by atoms with van der Waals surface area (Å²) in [5, 5.41) is 0. The zero-order chi connectivity index (χ0) is 22.6. The molecule has 0 spiro atoms. The van der Waals surface area contributed by atoms with Crippen molar-refractivity contribution in [2.45, 2.75) is 125 Å². The molecule has 0 aromatic heterocycles. The monoisotopic (exact) mass is 419 g/mol. The van der Waals surface area contributed by atoms with Gasteiger partial charge >= 0.3 is 0 Å². The van der Waals surface area contributed by atoms with E-state index in [-0.39, 0.29) is 0 Å². The summed E-state index contributed by atoms with van der Waals surface area (Å²) in [5.41, 5.74) is 13.0. The van der Waals surface area contributed by atoms with E-state index in [1.807, 2.05) is 0 Å².